The molecule has 1 aliphatic carbocycles. The van der Waals surface area contributed by atoms with Crippen molar-refractivity contribution in [2.24, 2.45) is 5.92 Å². The zero-order chi connectivity index (χ0) is 25.1. The number of halogens is 1. The minimum absolute atomic E-state index is 0.00211. The summed E-state index contributed by atoms with van der Waals surface area (Å²) in [6, 6.07) is 12.6. The maximum Gasteiger partial charge on any atom is 0.303 e. The van der Waals surface area contributed by atoms with E-state index in [2.05, 4.69) is 9.88 Å². The Kier molecular flexibility index (Phi) is 7.13. The van der Waals surface area contributed by atoms with Gasteiger partial charge in [0.15, 0.2) is 5.82 Å². The van der Waals surface area contributed by atoms with Crippen LogP contribution in [0.15, 0.2) is 48.7 Å². The Bertz CT molecular complexity index is 1240. The molecule has 0 amide bonds. The number of ether oxygens (including phenoxy) is 2. The molecule has 1 saturated heterocycles. The third-order valence-corrected chi connectivity index (χ3v) is 6.75. The number of carboxylic acid groups (broad SMARTS) is 1. The van der Waals surface area contributed by atoms with Gasteiger partial charge < -0.3 is 19.5 Å². The van der Waals surface area contributed by atoms with Gasteiger partial charge in [-0.05, 0) is 61.4 Å². The van der Waals surface area contributed by atoms with Crippen molar-refractivity contribution in [1.82, 2.24) is 9.97 Å². The zero-order valence-electron chi connectivity index (χ0n) is 20.3. The molecule has 36 heavy (non-hydrogen) atoms. The molecule has 1 aromatic heterocycles. The molecule has 1 N–H and O–H groups in total. The van der Waals surface area contributed by atoms with Crippen LogP contribution in [0, 0.1) is 18.7 Å². The molecule has 5 rings (SSSR count). The van der Waals surface area contributed by atoms with Crippen LogP contribution in [-0.4, -0.2) is 47.3 Å². The first-order valence-corrected chi connectivity index (χ1v) is 12.4. The van der Waals surface area contributed by atoms with E-state index in [-0.39, 0.29) is 24.8 Å². The number of hydrogen-bond donors (Lipinski definition) is 1. The largest absolute Gasteiger partial charge is 0.487 e. The van der Waals surface area contributed by atoms with Crippen LogP contribution >= 0.6 is 0 Å². The average molecular weight is 492 g/mol. The van der Waals surface area contributed by atoms with E-state index in [1.807, 2.05) is 31.2 Å². The summed E-state index contributed by atoms with van der Waals surface area (Å²) in [5.74, 6) is 0.584. The lowest BCUT2D eigenvalue weighted by atomic mass is 9.91. The highest BCUT2D eigenvalue weighted by Gasteiger charge is 2.33. The minimum Gasteiger partial charge on any atom is -0.487 e. The van der Waals surface area contributed by atoms with Crippen LogP contribution in [0.3, 0.4) is 0 Å². The Labute approximate surface area is 209 Å². The lowest BCUT2D eigenvalue weighted by Gasteiger charge is -2.29. The van der Waals surface area contributed by atoms with Crippen LogP contribution in [0.2, 0.25) is 0 Å². The van der Waals surface area contributed by atoms with Gasteiger partial charge in [-0.2, -0.15) is 0 Å². The smallest absolute Gasteiger partial charge is 0.303 e. The Hall–Kier alpha value is -3.52. The summed E-state index contributed by atoms with van der Waals surface area (Å²) >= 11 is 0. The number of hydrogen-bond acceptors (Lipinski definition) is 6. The second kappa shape index (κ2) is 10.6. The fraction of sp³-hybridized carbons (Fsp3) is 0.393. The molecule has 0 spiro atoms. The third kappa shape index (κ3) is 5.65. The first kappa shape index (κ1) is 24.2. The standard InChI is InChI=1S/C28H30FN3O4/c1-18-5-8-25(29)24(13-18)27-28(32-9-11-35-12-10-32)31-21(16-30-27)17-36-22-4-2-3-20(14-22)23(15-26(33)34)19-6-7-19/h2-5,8,13-14,16,19,23H,6-7,9-12,15,17H2,1H3,(H,33,34)/t23-/m0/s1. The van der Waals surface area contributed by atoms with Crippen molar-refractivity contribution in [2.45, 2.75) is 38.7 Å². The van der Waals surface area contributed by atoms with Crippen LogP contribution in [0.4, 0.5) is 10.2 Å². The van der Waals surface area contributed by atoms with Crippen LogP contribution in [0.5, 0.6) is 5.75 Å². The molecule has 3 aromatic rings. The number of morpholine rings is 1. The average Bonchev–Trinajstić information content (AvgIpc) is 3.73. The lowest BCUT2D eigenvalue weighted by Crippen LogP contribution is -2.37. The first-order valence-electron chi connectivity index (χ1n) is 12.4. The highest BCUT2D eigenvalue weighted by Crippen LogP contribution is 2.45. The third-order valence-electron chi connectivity index (χ3n) is 6.75. The number of rotatable bonds is 9. The molecule has 2 fully saturated rings. The van der Waals surface area contributed by atoms with Gasteiger partial charge in [-0.3, -0.25) is 9.78 Å². The monoisotopic (exact) mass is 491 g/mol. The van der Waals surface area contributed by atoms with Gasteiger partial charge in [0.1, 0.15) is 23.9 Å². The van der Waals surface area contributed by atoms with Crippen LogP contribution in [0.1, 0.15) is 42.0 Å². The summed E-state index contributed by atoms with van der Waals surface area (Å²) in [5.41, 5.74) is 3.49. The van der Waals surface area contributed by atoms with E-state index < -0.39 is 5.97 Å². The van der Waals surface area contributed by atoms with Gasteiger partial charge in [-0.15, -0.1) is 0 Å². The van der Waals surface area contributed by atoms with Crippen molar-refractivity contribution >= 4 is 11.8 Å². The summed E-state index contributed by atoms with van der Waals surface area (Å²) in [5, 5.41) is 9.33. The number of aliphatic carboxylic acids is 1. The van der Waals surface area contributed by atoms with Gasteiger partial charge in [0.2, 0.25) is 0 Å². The maximum atomic E-state index is 14.7. The normalized spacial score (nSPS) is 16.6. The molecule has 8 heteroatoms. The molecule has 0 radical (unpaired) electrons. The number of aromatic nitrogens is 2. The second-order valence-electron chi connectivity index (χ2n) is 9.52. The van der Waals surface area contributed by atoms with Crippen LogP contribution in [-0.2, 0) is 16.1 Å². The molecule has 1 atom stereocenters. The molecule has 0 bridgehead atoms. The van der Waals surface area contributed by atoms with Gasteiger partial charge in [0.05, 0.1) is 31.5 Å². The van der Waals surface area contributed by atoms with Gasteiger partial charge >= 0.3 is 5.97 Å². The van der Waals surface area contributed by atoms with Crippen molar-refractivity contribution in [2.75, 3.05) is 31.2 Å². The van der Waals surface area contributed by atoms with Crippen molar-refractivity contribution in [3.63, 3.8) is 0 Å². The van der Waals surface area contributed by atoms with E-state index >= 15 is 0 Å². The predicted octanol–water partition coefficient (Wildman–Crippen LogP) is 4.98. The number of aryl methyl sites for hydroxylation is 1. The Balaban J connectivity index is 1.39. The molecule has 2 heterocycles. The molecule has 0 unspecified atom stereocenters. The van der Waals surface area contributed by atoms with Crippen LogP contribution in [0.25, 0.3) is 11.3 Å². The quantitative estimate of drug-likeness (QED) is 0.452. The highest BCUT2D eigenvalue weighted by molar-refractivity contribution is 5.73. The predicted molar refractivity (Wildman–Crippen MR) is 134 cm³/mol. The Morgan fingerprint density at radius 1 is 1.22 bits per heavy atom. The zero-order valence-corrected chi connectivity index (χ0v) is 20.3. The van der Waals surface area contributed by atoms with Crippen molar-refractivity contribution in [3.8, 4) is 17.0 Å². The number of nitrogens with zero attached hydrogens (tertiary/aromatic N) is 3. The molecule has 2 aliphatic rings. The minimum atomic E-state index is -0.783. The van der Waals surface area contributed by atoms with E-state index in [0.29, 0.717) is 60.7 Å². The second-order valence-corrected chi connectivity index (χ2v) is 9.52. The lowest BCUT2D eigenvalue weighted by molar-refractivity contribution is -0.137. The molecule has 1 saturated carbocycles. The number of carboxylic acids is 1. The summed E-state index contributed by atoms with van der Waals surface area (Å²) in [4.78, 5) is 22.9. The molecular weight excluding hydrogens is 461 g/mol. The summed E-state index contributed by atoms with van der Waals surface area (Å²) in [6.45, 7) is 4.55. The van der Waals surface area contributed by atoms with E-state index in [4.69, 9.17) is 14.5 Å². The summed E-state index contributed by atoms with van der Waals surface area (Å²) < 4.78 is 26.3. The highest BCUT2D eigenvalue weighted by atomic mass is 19.1. The van der Waals surface area contributed by atoms with Gasteiger partial charge in [-0.25, -0.2) is 9.37 Å². The first-order chi connectivity index (χ1) is 17.5. The Morgan fingerprint density at radius 2 is 2.03 bits per heavy atom. The molecule has 188 valence electrons. The number of carbonyl (C=O) groups is 1. The van der Waals surface area contributed by atoms with Gasteiger partial charge in [-0.1, -0.05) is 23.8 Å². The molecule has 2 aromatic carbocycles. The van der Waals surface area contributed by atoms with Gasteiger partial charge in [0.25, 0.3) is 0 Å². The number of benzene rings is 2. The molecule has 1 aliphatic heterocycles. The SMILES string of the molecule is Cc1ccc(F)c(-c2ncc(COc3cccc([C@@H](CC(=O)O)C4CC4)c3)nc2N2CCOCC2)c1. The fourth-order valence-corrected chi connectivity index (χ4v) is 4.73. The van der Waals surface area contributed by atoms with E-state index in [1.54, 1.807) is 18.3 Å². The van der Waals surface area contributed by atoms with E-state index in [1.165, 1.54) is 6.07 Å². The topological polar surface area (TPSA) is 84.8 Å². The summed E-state index contributed by atoms with van der Waals surface area (Å²) in [7, 11) is 0. The number of anilines is 1. The van der Waals surface area contributed by atoms with Crippen LogP contribution < -0.4 is 9.64 Å². The van der Waals surface area contributed by atoms with Crippen molar-refractivity contribution < 1.29 is 23.8 Å². The van der Waals surface area contributed by atoms with Gasteiger partial charge in [0, 0.05) is 18.7 Å². The van der Waals surface area contributed by atoms with Crippen molar-refractivity contribution in [3.05, 3.63) is 71.3 Å². The molecule has 7 nitrogen and oxygen atoms in total. The fourth-order valence-electron chi connectivity index (χ4n) is 4.73. The maximum absolute atomic E-state index is 14.7. The van der Waals surface area contributed by atoms with E-state index in [0.717, 1.165) is 24.0 Å². The summed E-state index contributed by atoms with van der Waals surface area (Å²) in [6.07, 6.45) is 3.88. The Morgan fingerprint density at radius 3 is 2.78 bits per heavy atom. The van der Waals surface area contributed by atoms with Crippen molar-refractivity contribution in [1.29, 1.82) is 0 Å². The van der Waals surface area contributed by atoms with E-state index in [9.17, 15) is 14.3 Å². The molecular formula is C28H30FN3O4.